The molecule has 0 unspecified atom stereocenters. The van der Waals surface area contributed by atoms with Crippen molar-refractivity contribution in [3.05, 3.63) is 85.9 Å². The Kier molecular flexibility index (Phi) is 7.16. The molecule has 2 N–H and O–H groups in total. The minimum absolute atomic E-state index is 0.0715. The fourth-order valence-electron chi connectivity index (χ4n) is 4.91. The summed E-state index contributed by atoms with van der Waals surface area (Å²) in [6.45, 7) is 0.901. The van der Waals surface area contributed by atoms with Crippen molar-refractivity contribution in [2.75, 3.05) is 7.11 Å². The maximum atomic E-state index is 15.2. The lowest BCUT2D eigenvalue weighted by Gasteiger charge is -2.23. The monoisotopic (exact) mass is 487 g/mol. The van der Waals surface area contributed by atoms with Gasteiger partial charge < -0.3 is 10.5 Å². The SMILES string of the molecule is COc1cccc(-c2c(C)n(Cc3c(F)cccc3F)c(=O)n(C[C@H](N)C3CCCC3)c2=O)c1F. The summed E-state index contributed by atoms with van der Waals surface area (Å²) in [6, 6.07) is 7.28. The number of hydrogen-bond acceptors (Lipinski definition) is 4. The van der Waals surface area contributed by atoms with Crippen molar-refractivity contribution in [1.82, 2.24) is 9.13 Å². The Morgan fingerprint density at radius 1 is 1.03 bits per heavy atom. The van der Waals surface area contributed by atoms with Crippen molar-refractivity contribution < 1.29 is 17.9 Å². The first kappa shape index (κ1) is 24.8. The number of rotatable bonds is 7. The van der Waals surface area contributed by atoms with E-state index in [2.05, 4.69) is 0 Å². The second-order valence-electron chi connectivity index (χ2n) is 8.98. The van der Waals surface area contributed by atoms with Crippen LogP contribution >= 0.6 is 0 Å². The molecule has 1 aliphatic carbocycles. The Balaban J connectivity index is 1.94. The molecular weight excluding hydrogens is 459 g/mol. The van der Waals surface area contributed by atoms with Gasteiger partial charge in [-0.15, -0.1) is 0 Å². The third kappa shape index (κ3) is 4.65. The number of aromatic nitrogens is 2. The third-order valence-electron chi connectivity index (χ3n) is 6.92. The van der Waals surface area contributed by atoms with Gasteiger partial charge in [-0.1, -0.05) is 31.0 Å². The Labute approximate surface area is 200 Å². The first-order chi connectivity index (χ1) is 16.7. The lowest BCUT2D eigenvalue weighted by molar-refractivity contribution is 0.371. The van der Waals surface area contributed by atoms with Crippen LogP contribution in [0.25, 0.3) is 11.1 Å². The average molecular weight is 488 g/mol. The molecule has 0 aliphatic heterocycles. The molecule has 186 valence electrons. The van der Waals surface area contributed by atoms with Gasteiger partial charge in [0, 0.05) is 29.4 Å². The van der Waals surface area contributed by atoms with Gasteiger partial charge in [-0.2, -0.15) is 0 Å². The molecule has 0 bridgehead atoms. The second kappa shape index (κ2) is 10.1. The van der Waals surface area contributed by atoms with Crippen molar-refractivity contribution >= 4 is 0 Å². The molecule has 35 heavy (non-hydrogen) atoms. The normalized spacial score (nSPS) is 14.9. The van der Waals surface area contributed by atoms with Gasteiger partial charge in [0.1, 0.15) is 11.6 Å². The number of benzene rings is 2. The van der Waals surface area contributed by atoms with Gasteiger partial charge >= 0.3 is 5.69 Å². The first-order valence-electron chi connectivity index (χ1n) is 11.6. The number of hydrogen-bond donors (Lipinski definition) is 1. The number of nitrogens with two attached hydrogens (primary N) is 1. The van der Waals surface area contributed by atoms with E-state index in [1.165, 1.54) is 38.3 Å². The van der Waals surface area contributed by atoms with Crippen LogP contribution in [0.15, 0.2) is 46.0 Å². The fourth-order valence-corrected chi connectivity index (χ4v) is 4.91. The molecule has 4 rings (SSSR count). The summed E-state index contributed by atoms with van der Waals surface area (Å²) in [5, 5.41) is 0. The second-order valence-corrected chi connectivity index (χ2v) is 8.98. The fraction of sp³-hybridized carbons (Fsp3) is 0.385. The summed E-state index contributed by atoms with van der Waals surface area (Å²) < 4.78 is 51.3. The number of nitrogens with zero attached hydrogens (tertiary/aromatic N) is 2. The van der Waals surface area contributed by atoms with E-state index in [0.717, 1.165) is 47.0 Å². The van der Waals surface area contributed by atoms with E-state index in [1.54, 1.807) is 0 Å². The maximum absolute atomic E-state index is 15.2. The Morgan fingerprint density at radius 2 is 1.66 bits per heavy atom. The van der Waals surface area contributed by atoms with Crippen LogP contribution in [-0.2, 0) is 13.1 Å². The van der Waals surface area contributed by atoms with Crippen LogP contribution in [0.3, 0.4) is 0 Å². The van der Waals surface area contributed by atoms with E-state index < -0.39 is 41.3 Å². The quantitative estimate of drug-likeness (QED) is 0.547. The minimum Gasteiger partial charge on any atom is -0.494 e. The van der Waals surface area contributed by atoms with E-state index in [0.29, 0.717) is 0 Å². The van der Waals surface area contributed by atoms with Crippen LogP contribution in [0.1, 0.15) is 36.9 Å². The highest BCUT2D eigenvalue weighted by molar-refractivity contribution is 5.67. The molecule has 1 aliphatic rings. The molecular formula is C26H28F3N3O3. The summed E-state index contributed by atoms with van der Waals surface area (Å²) in [5.74, 6) is -2.36. The predicted octanol–water partition coefficient (Wildman–Crippen LogP) is 3.98. The van der Waals surface area contributed by atoms with Gasteiger partial charge in [-0.25, -0.2) is 18.0 Å². The zero-order valence-corrected chi connectivity index (χ0v) is 19.7. The zero-order chi connectivity index (χ0) is 25.3. The molecule has 1 atom stereocenters. The van der Waals surface area contributed by atoms with Crippen LogP contribution in [0.5, 0.6) is 5.75 Å². The minimum atomic E-state index is -0.828. The third-order valence-corrected chi connectivity index (χ3v) is 6.92. The average Bonchev–Trinajstić information content (AvgIpc) is 3.37. The summed E-state index contributed by atoms with van der Waals surface area (Å²) in [4.78, 5) is 27.1. The van der Waals surface area contributed by atoms with E-state index >= 15 is 4.39 Å². The Hall–Kier alpha value is -3.33. The Bertz CT molecular complexity index is 1340. The molecule has 9 heteroatoms. The summed E-state index contributed by atoms with van der Waals surface area (Å²) in [5.41, 5.74) is 4.51. The molecule has 2 aromatic carbocycles. The molecule has 1 saturated carbocycles. The van der Waals surface area contributed by atoms with Crippen LogP contribution in [-0.4, -0.2) is 22.3 Å². The van der Waals surface area contributed by atoms with E-state index in [-0.39, 0.29) is 40.6 Å². The summed E-state index contributed by atoms with van der Waals surface area (Å²) >= 11 is 0. The lowest BCUT2D eigenvalue weighted by atomic mass is 9.98. The molecule has 1 fully saturated rings. The van der Waals surface area contributed by atoms with Crippen molar-refractivity contribution in [3.8, 4) is 16.9 Å². The number of ether oxygens (including phenoxy) is 1. The standard InChI is InChI=1S/C26H28F3N3O3/c1-15-23(17-9-5-12-22(35-2)24(17)29)25(33)32(14-21(30)16-7-3-4-8-16)26(34)31(15)13-18-19(27)10-6-11-20(18)28/h5-6,9-12,16,21H,3-4,7-8,13-14,30H2,1-2H3/t21-/m0/s1. The molecule has 1 aromatic heterocycles. The van der Waals surface area contributed by atoms with E-state index in [1.807, 2.05) is 0 Å². The maximum Gasteiger partial charge on any atom is 0.331 e. The van der Waals surface area contributed by atoms with Crippen molar-refractivity contribution in [2.24, 2.45) is 11.7 Å². The van der Waals surface area contributed by atoms with Gasteiger partial charge in [0.15, 0.2) is 11.6 Å². The van der Waals surface area contributed by atoms with Crippen LogP contribution in [0, 0.1) is 30.3 Å². The molecule has 1 heterocycles. The smallest absolute Gasteiger partial charge is 0.331 e. The highest BCUT2D eigenvalue weighted by atomic mass is 19.1. The lowest BCUT2D eigenvalue weighted by Crippen LogP contribution is -2.47. The summed E-state index contributed by atoms with van der Waals surface area (Å²) in [7, 11) is 1.30. The molecule has 0 saturated heterocycles. The highest BCUT2D eigenvalue weighted by Crippen LogP contribution is 2.30. The van der Waals surface area contributed by atoms with E-state index in [4.69, 9.17) is 10.5 Å². The first-order valence-corrected chi connectivity index (χ1v) is 11.6. The Morgan fingerprint density at radius 3 is 2.29 bits per heavy atom. The number of halogens is 3. The molecule has 6 nitrogen and oxygen atoms in total. The van der Waals surface area contributed by atoms with Crippen molar-refractivity contribution in [1.29, 1.82) is 0 Å². The van der Waals surface area contributed by atoms with Gasteiger partial charge in [-0.3, -0.25) is 13.9 Å². The molecule has 3 aromatic rings. The summed E-state index contributed by atoms with van der Waals surface area (Å²) in [6.07, 6.45) is 3.85. The number of methoxy groups -OCH3 is 1. The van der Waals surface area contributed by atoms with Crippen LogP contribution < -0.4 is 21.7 Å². The zero-order valence-electron chi connectivity index (χ0n) is 19.7. The van der Waals surface area contributed by atoms with Crippen molar-refractivity contribution in [3.63, 3.8) is 0 Å². The van der Waals surface area contributed by atoms with Crippen LogP contribution in [0.2, 0.25) is 0 Å². The van der Waals surface area contributed by atoms with Gasteiger partial charge in [-0.05, 0) is 43.9 Å². The van der Waals surface area contributed by atoms with E-state index in [9.17, 15) is 18.4 Å². The predicted molar refractivity (Wildman–Crippen MR) is 127 cm³/mol. The van der Waals surface area contributed by atoms with Gasteiger partial charge in [0.2, 0.25) is 0 Å². The van der Waals surface area contributed by atoms with Crippen LogP contribution in [0.4, 0.5) is 13.2 Å². The van der Waals surface area contributed by atoms with Gasteiger partial charge in [0.05, 0.1) is 19.2 Å². The molecule has 0 amide bonds. The van der Waals surface area contributed by atoms with Crippen molar-refractivity contribution in [2.45, 2.75) is 51.7 Å². The molecule has 0 radical (unpaired) electrons. The highest BCUT2D eigenvalue weighted by Gasteiger charge is 2.27. The largest absolute Gasteiger partial charge is 0.494 e. The molecule has 0 spiro atoms. The topological polar surface area (TPSA) is 79.2 Å². The van der Waals surface area contributed by atoms with Gasteiger partial charge in [0.25, 0.3) is 5.56 Å².